The Bertz CT molecular complexity index is 664. The van der Waals surface area contributed by atoms with Gasteiger partial charge in [-0.05, 0) is 60.3 Å². The third kappa shape index (κ3) is 5.04. The zero-order valence-corrected chi connectivity index (χ0v) is 16.4. The third-order valence-corrected chi connectivity index (χ3v) is 5.30. The second-order valence-electron chi connectivity index (χ2n) is 8.06. The van der Waals surface area contributed by atoms with Gasteiger partial charge in [-0.2, -0.15) is 0 Å². The molecule has 0 heterocycles. The van der Waals surface area contributed by atoms with E-state index in [-0.39, 0.29) is 0 Å². The molecule has 1 nitrogen and oxygen atoms in total. The van der Waals surface area contributed by atoms with Crippen LogP contribution in [-0.4, -0.2) is 6.29 Å². The smallest absolute Gasteiger partial charge is 0.130 e. The lowest BCUT2D eigenvalue weighted by atomic mass is 9.78. The maximum atomic E-state index is 11.8. The number of rotatable bonds is 8. The summed E-state index contributed by atoms with van der Waals surface area (Å²) in [4.78, 5) is 11.8. The van der Waals surface area contributed by atoms with Crippen molar-refractivity contribution in [2.75, 3.05) is 0 Å². The van der Waals surface area contributed by atoms with Gasteiger partial charge in [0, 0.05) is 5.41 Å². The Hall–Kier alpha value is -1.89. The molecule has 2 aromatic rings. The Morgan fingerprint density at radius 1 is 0.840 bits per heavy atom. The van der Waals surface area contributed by atoms with Crippen LogP contribution in [0.4, 0.5) is 0 Å². The maximum Gasteiger partial charge on any atom is 0.130 e. The van der Waals surface area contributed by atoms with Gasteiger partial charge in [0.1, 0.15) is 6.29 Å². The largest absolute Gasteiger partial charge is 0.302 e. The van der Waals surface area contributed by atoms with Gasteiger partial charge < -0.3 is 4.79 Å². The summed E-state index contributed by atoms with van der Waals surface area (Å²) in [6.07, 6.45) is 4.04. The van der Waals surface area contributed by atoms with E-state index < -0.39 is 5.41 Å². The number of aryl methyl sites for hydroxylation is 1. The van der Waals surface area contributed by atoms with Crippen LogP contribution in [0.3, 0.4) is 0 Å². The van der Waals surface area contributed by atoms with Crippen LogP contribution >= 0.6 is 0 Å². The molecule has 134 valence electrons. The molecule has 0 fully saturated rings. The number of hydrogen-bond acceptors (Lipinski definition) is 1. The summed E-state index contributed by atoms with van der Waals surface area (Å²) < 4.78 is 0. The lowest BCUT2D eigenvalue weighted by Gasteiger charge is -2.24. The molecule has 0 aliphatic rings. The Morgan fingerprint density at radius 2 is 1.32 bits per heavy atom. The van der Waals surface area contributed by atoms with E-state index in [0.29, 0.717) is 11.8 Å². The monoisotopic (exact) mass is 336 g/mol. The molecule has 1 atom stereocenters. The summed E-state index contributed by atoms with van der Waals surface area (Å²) in [6, 6.07) is 17.5. The van der Waals surface area contributed by atoms with E-state index in [1.165, 1.54) is 16.7 Å². The van der Waals surface area contributed by atoms with Crippen LogP contribution in [0.1, 0.15) is 81.5 Å². The van der Waals surface area contributed by atoms with E-state index in [9.17, 15) is 4.79 Å². The van der Waals surface area contributed by atoms with Crippen LogP contribution in [-0.2, 0) is 16.6 Å². The molecular formula is C24H32O. The van der Waals surface area contributed by atoms with Crippen molar-refractivity contribution in [3.63, 3.8) is 0 Å². The predicted molar refractivity (Wildman–Crippen MR) is 107 cm³/mol. The topological polar surface area (TPSA) is 17.1 Å². The minimum absolute atomic E-state index is 0.395. The Morgan fingerprint density at radius 3 is 1.76 bits per heavy atom. The highest BCUT2D eigenvalue weighted by atomic mass is 16.1. The number of carbonyl (C=O) groups is 1. The molecule has 25 heavy (non-hydrogen) atoms. The maximum absolute atomic E-state index is 11.8. The number of aldehydes is 1. The van der Waals surface area contributed by atoms with Crippen LogP contribution < -0.4 is 0 Å². The van der Waals surface area contributed by atoms with Crippen molar-refractivity contribution in [2.24, 2.45) is 0 Å². The Kier molecular flexibility index (Phi) is 6.58. The first-order chi connectivity index (χ1) is 11.9. The Labute approximate surface area is 153 Å². The predicted octanol–water partition coefficient (Wildman–Crippen LogP) is 6.41. The van der Waals surface area contributed by atoms with Gasteiger partial charge in [0.15, 0.2) is 0 Å². The van der Waals surface area contributed by atoms with Crippen LogP contribution in [0.15, 0.2) is 48.5 Å². The summed E-state index contributed by atoms with van der Waals surface area (Å²) in [5.74, 6) is 1.09. The molecule has 1 unspecified atom stereocenters. The molecule has 0 spiro atoms. The van der Waals surface area contributed by atoms with Crippen molar-refractivity contribution in [1.82, 2.24) is 0 Å². The fourth-order valence-electron chi connectivity index (χ4n) is 3.25. The van der Waals surface area contributed by atoms with Gasteiger partial charge in [-0.25, -0.2) is 0 Å². The number of hydrogen-bond donors (Lipinski definition) is 0. The van der Waals surface area contributed by atoms with Crippen molar-refractivity contribution in [1.29, 1.82) is 0 Å². The summed E-state index contributed by atoms with van der Waals surface area (Å²) in [5, 5.41) is 0. The molecule has 0 radical (unpaired) electrons. The highest BCUT2D eigenvalue weighted by Gasteiger charge is 2.25. The fourth-order valence-corrected chi connectivity index (χ4v) is 3.25. The van der Waals surface area contributed by atoms with Crippen LogP contribution in [0, 0.1) is 0 Å². The minimum Gasteiger partial charge on any atom is -0.302 e. The molecular weight excluding hydrogens is 304 g/mol. The highest BCUT2D eigenvalue weighted by molar-refractivity contribution is 5.67. The summed E-state index contributed by atoms with van der Waals surface area (Å²) in [7, 11) is 0. The molecule has 0 aromatic heterocycles. The molecule has 2 rings (SSSR count). The van der Waals surface area contributed by atoms with Gasteiger partial charge in [-0.1, -0.05) is 76.2 Å². The van der Waals surface area contributed by atoms with Gasteiger partial charge in [-0.15, -0.1) is 0 Å². The lowest BCUT2D eigenvalue weighted by molar-refractivity contribution is -0.112. The van der Waals surface area contributed by atoms with Gasteiger partial charge in [0.25, 0.3) is 0 Å². The lowest BCUT2D eigenvalue weighted by Crippen LogP contribution is -2.24. The highest BCUT2D eigenvalue weighted by Crippen LogP contribution is 2.29. The molecule has 2 aromatic carbocycles. The van der Waals surface area contributed by atoms with E-state index in [1.54, 1.807) is 0 Å². The first-order valence-corrected chi connectivity index (χ1v) is 9.51. The summed E-state index contributed by atoms with van der Waals surface area (Å²) in [6.45, 7) is 10.9. The average molecular weight is 337 g/mol. The van der Waals surface area contributed by atoms with E-state index >= 15 is 0 Å². The van der Waals surface area contributed by atoms with Crippen molar-refractivity contribution in [3.05, 3.63) is 70.8 Å². The average Bonchev–Trinajstić information content (AvgIpc) is 2.62. The molecule has 0 aliphatic heterocycles. The van der Waals surface area contributed by atoms with E-state index in [0.717, 1.165) is 31.1 Å². The molecule has 0 saturated heterocycles. The van der Waals surface area contributed by atoms with Gasteiger partial charge >= 0.3 is 0 Å². The molecule has 0 bridgehead atoms. The first-order valence-electron chi connectivity index (χ1n) is 9.51. The van der Waals surface area contributed by atoms with Crippen LogP contribution in [0.25, 0.3) is 0 Å². The van der Waals surface area contributed by atoms with Gasteiger partial charge in [0.05, 0.1) is 0 Å². The third-order valence-electron chi connectivity index (χ3n) is 5.30. The zero-order valence-electron chi connectivity index (χ0n) is 16.4. The van der Waals surface area contributed by atoms with Crippen molar-refractivity contribution in [2.45, 2.75) is 71.1 Å². The quantitative estimate of drug-likeness (QED) is 0.509. The molecule has 0 N–H and O–H groups in total. The normalized spacial score (nSPS) is 13.9. The van der Waals surface area contributed by atoms with Crippen LogP contribution in [0.2, 0.25) is 0 Å². The first kappa shape index (κ1) is 19.4. The summed E-state index contributed by atoms with van der Waals surface area (Å²) in [5.41, 5.74) is 4.79. The molecule has 0 saturated carbocycles. The van der Waals surface area contributed by atoms with Gasteiger partial charge in [0.2, 0.25) is 0 Å². The van der Waals surface area contributed by atoms with Crippen LogP contribution in [0.5, 0.6) is 0 Å². The number of carbonyl (C=O) groups excluding carboxylic acids is 1. The Balaban J connectivity index is 1.99. The SMILES string of the molecule is CC(C)c1ccc(CCCC(C)(C=O)c2ccc(C(C)C)cc2)cc1. The molecule has 0 aliphatic carbocycles. The van der Waals surface area contributed by atoms with Crippen molar-refractivity contribution < 1.29 is 4.79 Å². The zero-order chi connectivity index (χ0) is 18.4. The summed E-state index contributed by atoms with van der Waals surface area (Å²) >= 11 is 0. The van der Waals surface area contributed by atoms with E-state index in [4.69, 9.17) is 0 Å². The number of benzene rings is 2. The van der Waals surface area contributed by atoms with Gasteiger partial charge in [-0.3, -0.25) is 0 Å². The van der Waals surface area contributed by atoms with Crippen molar-refractivity contribution >= 4 is 6.29 Å². The second-order valence-corrected chi connectivity index (χ2v) is 8.06. The molecule has 0 amide bonds. The van der Waals surface area contributed by atoms with E-state index in [2.05, 4.69) is 83.1 Å². The van der Waals surface area contributed by atoms with E-state index in [1.807, 2.05) is 0 Å². The standard InChI is InChI=1S/C24H32O/c1-18(2)21-10-8-20(9-11-21)7-6-16-24(5,17-25)23-14-12-22(13-15-23)19(3)4/h8-15,17-19H,6-7,16H2,1-5H3. The fraction of sp³-hybridized carbons (Fsp3) is 0.458. The minimum atomic E-state index is -0.395. The second kappa shape index (κ2) is 8.47. The van der Waals surface area contributed by atoms with Crippen molar-refractivity contribution in [3.8, 4) is 0 Å². The molecule has 1 heteroatoms.